The predicted molar refractivity (Wildman–Crippen MR) is 173 cm³/mol. The lowest BCUT2D eigenvalue weighted by atomic mass is 10.1. The third-order valence-corrected chi connectivity index (χ3v) is 12.1. The monoisotopic (exact) mass is 741 g/mol. The quantitative estimate of drug-likeness (QED) is 0.0977. The van der Waals surface area contributed by atoms with E-state index in [1.54, 1.807) is 0 Å². The van der Waals surface area contributed by atoms with Gasteiger partial charge in [-0.15, -0.1) is 20.5 Å². The van der Waals surface area contributed by atoms with Crippen molar-refractivity contribution in [2.24, 2.45) is 20.5 Å². The molecule has 17 nitrogen and oxygen atoms in total. The van der Waals surface area contributed by atoms with Crippen LogP contribution < -0.4 is 5.32 Å². The van der Waals surface area contributed by atoms with Crippen LogP contribution in [0.1, 0.15) is 13.8 Å². The fraction of sp³-hybridized carbons (Fsp3) is 0.185. The summed E-state index contributed by atoms with van der Waals surface area (Å²) in [6.07, 6.45) is 0. The number of hydrogen-bond acceptors (Lipinski definition) is 15. The largest absolute Gasteiger partial charge is 0.505 e. The summed E-state index contributed by atoms with van der Waals surface area (Å²) >= 11 is 0. The molecular formula is C27H27N5O12S4. The molecule has 5 N–H and O–H groups in total. The second-order valence-electron chi connectivity index (χ2n) is 9.82. The van der Waals surface area contributed by atoms with Crippen LogP contribution in [0.25, 0.3) is 10.8 Å². The molecule has 4 aromatic carbocycles. The van der Waals surface area contributed by atoms with Crippen molar-refractivity contribution in [3.63, 3.8) is 0 Å². The average molecular weight is 742 g/mol. The average Bonchev–Trinajstić information content (AvgIpc) is 3.02. The fourth-order valence-corrected chi connectivity index (χ4v) is 7.55. The van der Waals surface area contributed by atoms with Crippen LogP contribution in [0.2, 0.25) is 0 Å². The summed E-state index contributed by atoms with van der Waals surface area (Å²) in [6.45, 7) is 2.65. The number of nitrogens with zero attached hydrogens (tertiary/aromatic N) is 4. The van der Waals surface area contributed by atoms with Crippen molar-refractivity contribution in [3.05, 3.63) is 54.6 Å². The summed E-state index contributed by atoms with van der Waals surface area (Å²) in [5.41, 5.74) is -0.870. The van der Waals surface area contributed by atoms with Gasteiger partial charge in [-0.25, -0.2) is 16.8 Å². The van der Waals surface area contributed by atoms with Gasteiger partial charge in [0.2, 0.25) is 0 Å². The molecule has 0 heterocycles. The third kappa shape index (κ3) is 7.29. The zero-order chi connectivity index (χ0) is 35.8. The number of aromatic hydroxyl groups is 2. The van der Waals surface area contributed by atoms with E-state index < -0.39 is 83.2 Å². The molecule has 0 fully saturated rings. The number of hydrogen-bond donors (Lipinski definition) is 5. The first-order chi connectivity index (χ1) is 22.2. The minimum absolute atomic E-state index is 0.0632. The highest BCUT2D eigenvalue weighted by Crippen LogP contribution is 2.44. The standard InChI is InChI=1S/C27H27N5O12S4/c1-4-45(35,36)15-6-9-19(23(13-15)47(39,40)41)29-32-25-17-7-11-21(26(33)18(17)8-10-20(25)28-3)30-31-22-12-16(46(37,38)5-2)14-24(27(22)34)48(42,43)44/h6-14,28,33-34H,4-5H2,1-3H3,(H,39,40,41)(H,42,43,44). The second kappa shape index (κ2) is 13.2. The normalized spacial score (nSPS) is 13.1. The number of phenolic OH excluding ortho intramolecular Hbond substituents is 2. The Hall–Kier alpha value is -4.54. The van der Waals surface area contributed by atoms with Crippen molar-refractivity contribution in [1.82, 2.24) is 0 Å². The van der Waals surface area contributed by atoms with Crippen molar-refractivity contribution in [3.8, 4) is 11.5 Å². The lowest BCUT2D eigenvalue weighted by Crippen LogP contribution is -2.06. The number of rotatable bonds is 11. The highest BCUT2D eigenvalue weighted by molar-refractivity contribution is 7.91. The Morgan fingerprint density at radius 3 is 1.69 bits per heavy atom. The van der Waals surface area contributed by atoms with Crippen molar-refractivity contribution in [1.29, 1.82) is 0 Å². The zero-order valence-corrected chi connectivity index (χ0v) is 28.4. The molecule has 256 valence electrons. The maximum absolute atomic E-state index is 12.4. The van der Waals surface area contributed by atoms with Gasteiger partial charge < -0.3 is 15.5 Å². The Morgan fingerprint density at radius 2 is 1.10 bits per heavy atom. The Kier molecular flexibility index (Phi) is 9.96. The summed E-state index contributed by atoms with van der Waals surface area (Å²) in [6, 6.07) is 9.90. The molecule has 0 atom stereocenters. The number of fused-ring (bicyclic) bond motifs is 1. The number of sulfone groups is 2. The molecule has 48 heavy (non-hydrogen) atoms. The SMILES string of the molecule is CCS(=O)(=O)c1ccc(N=Nc2c(NC)ccc3c(O)c(N=Nc4cc(S(=O)(=O)CC)cc(S(=O)(=O)O)c4O)ccc23)c(S(=O)(=O)O)c1. The van der Waals surface area contributed by atoms with Gasteiger partial charge in [-0.05, 0) is 54.6 Å². The fourth-order valence-electron chi connectivity index (χ4n) is 4.30. The first-order valence-electron chi connectivity index (χ1n) is 13.5. The van der Waals surface area contributed by atoms with Gasteiger partial charge in [0.25, 0.3) is 20.2 Å². The second-order valence-corrected chi connectivity index (χ2v) is 17.2. The van der Waals surface area contributed by atoms with Crippen LogP contribution in [-0.2, 0) is 39.9 Å². The number of phenols is 2. The van der Waals surface area contributed by atoms with Crippen molar-refractivity contribution in [2.45, 2.75) is 33.4 Å². The van der Waals surface area contributed by atoms with E-state index >= 15 is 0 Å². The lowest BCUT2D eigenvalue weighted by molar-refractivity contribution is 0.443. The van der Waals surface area contributed by atoms with Crippen LogP contribution in [0.15, 0.2) is 94.6 Å². The maximum Gasteiger partial charge on any atom is 0.298 e. The highest BCUT2D eigenvalue weighted by atomic mass is 32.2. The van der Waals surface area contributed by atoms with E-state index in [0.717, 1.165) is 24.3 Å². The molecule has 0 bridgehead atoms. The molecule has 0 saturated carbocycles. The summed E-state index contributed by atoms with van der Waals surface area (Å²) < 4.78 is 116. The molecule has 0 aliphatic rings. The van der Waals surface area contributed by atoms with E-state index in [2.05, 4.69) is 25.8 Å². The van der Waals surface area contributed by atoms with E-state index in [-0.39, 0.29) is 32.8 Å². The van der Waals surface area contributed by atoms with E-state index in [1.807, 2.05) is 0 Å². The number of nitrogens with one attached hydrogen (secondary N) is 1. The van der Waals surface area contributed by atoms with Gasteiger partial charge in [-0.3, -0.25) is 9.11 Å². The molecule has 4 aromatic rings. The maximum atomic E-state index is 12.4. The van der Waals surface area contributed by atoms with Gasteiger partial charge in [0.05, 0.1) is 27.0 Å². The van der Waals surface area contributed by atoms with Crippen molar-refractivity contribution >= 4 is 79.1 Å². The Morgan fingerprint density at radius 1 is 0.583 bits per heavy atom. The molecule has 0 aliphatic heterocycles. The molecular weight excluding hydrogens is 715 g/mol. The summed E-state index contributed by atoms with van der Waals surface area (Å²) in [7, 11) is -16.4. The Balaban J connectivity index is 1.85. The summed E-state index contributed by atoms with van der Waals surface area (Å²) in [5, 5.41) is 40.3. The van der Waals surface area contributed by atoms with Gasteiger partial charge in [0, 0.05) is 17.8 Å². The van der Waals surface area contributed by atoms with Crippen LogP contribution in [0.4, 0.5) is 28.4 Å². The van der Waals surface area contributed by atoms with Gasteiger partial charge in [0.1, 0.15) is 32.5 Å². The van der Waals surface area contributed by atoms with E-state index in [9.17, 15) is 53.0 Å². The van der Waals surface area contributed by atoms with Crippen molar-refractivity contribution < 1.29 is 53.0 Å². The van der Waals surface area contributed by atoms with Crippen LogP contribution in [0.3, 0.4) is 0 Å². The minimum atomic E-state index is -5.09. The van der Waals surface area contributed by atoms with Crippen LogP contribution >= 0.6 is 0 Å². The van der Waals surface area contributed by atoms with Crippen LogP contribution in [0, 0.1) is 0 Å². The summed E-state index contributed by atoms with van der Waals surface area (Å²) in [5.74, 6) is -2.37. The third-order valence-electron chi connectivity index (χ3n) is 6.91. The van der Waals surface area contributed by atoms with E-state index in [1.165, 1.54) is 45.2 Å². The van der Waals surface area contributed by atoms with E-state index in [0.29, 0.717) is 11.8 Å². The van der Waals surface area contributed by atoms with Crippen molar-refractivity contribution in [2.75, 3.05) is 23.9 Å². The van der Waals surface area contributed by atoms with Gasteiger partial charge in [-0.1, -0.05) is 13.8 Å². The number of azo groups is 2. The summed E-state index contributed by atoms with van der Waals surface area (Å²) in [4.78, 5) is -2.86. The molecule has 0 saturated heterocycles. The number of benzene rings is 4. The first-order valence-corrected chi connectivity index (χ1v) is 19.6. The van der Waals surface area contributed by atoms with Crippen LogP contribution in [-0.4, -0.2) is 71.5 Å². The molecule has 4 rings (SSSR count). The molecule has 0 aliphatic carbocycles. The minimum Gasteiger partial charge on any atom is -0.505 e. The van der Waals surface area contributed by atoms with Gasteiger partial charge in [-0.2, -0.15) is 16.8 Å². The Bertz CT molecular complexity index is 2460. The molecule has 21 heteroatoms. The molecule has 0 amide bonds. The lowest BCUT2D eigenvalue weighted by Gasteiger charge is -2.11. The molecule has 0 spiro atoms. The topological polar surface area (TPSA) is 279 Å². The molecule has 0 radical (unpaired) electrons. The zero-order valence-electron chi connectivity index (χ0n) is 25.1. The molecule has 0 aromatic heterocycles. The Labute approximate surface area is 275 Å². The van der Waals surface area contributed by atoms with Gasteiger partial charge >= 0.3 is 0 Å². The van der Waals surface area contributed by atoms with Crippen LogP contribution in [0.5, 0.6) is 11.5 Å². The predicted octanol–water partition coefficient (Wildman–Crippen LogP) is 5.20. The highest BCUT2D eigenvalue weighted by Gasteiger charge is 2.25. The van der Waals surface area contributed by atoms with Gasteiger partial charge in [0.15, 0.2) is 31.2 Å². The first kappa shape index (κ1) is 36.3. The molecule has 0 unspecified atom stereocenters. The smallest absolute Gasteiger partial charge is 0.298 e. The number of anilines is 1. The van der Waals surface area contributed by atoms with E-state index in [4.69, 9.17) is 0 Å².